The molecule has 116 valence electrons. The van der Waals surface area contributed by atoms with Gasteiger partial charge in [0.1, 0.15) is 5.76 Å². The van der Waals surface area contributed by atoms with Crippen molar-refractivity contribution in [2.75, 3.05) is 32.8 Å². The van der Waals surface area contributed by atoms with Gasteiger partial charge in [-0.15, -0.1) is 0 Å². The summed E-state index contributed by atoms with van der Waals surface area (Å²) in [5, 5.41) is 3.02. The zero-order valence-corrected chi connectivity index (χ0v) is 12.2. The minimum Gasteiger partial charge on any atom is -0.468 e. The van der Waals surface area contributed by atoms with Crippen molar-refractivity contribution in [2.45, 2.75) is 24.9 Å². The fourth-order valence-corrected chi connectivity index (χ4v) is 3.11. The van der Waals surface area contributed by atoms with Gasteiger partial charge in [-0.2, -0.15) is 0 Å². The van der Waals surface area contributed by atoms with Crippen molar-refractivity contribution in [3.8, 4) is 0 Å². The Balaban J connectivity index is 1.60. The summed E-state index contributed by atoms with van der Waals surface area (Å²) in [5.41, 5.74) is 5.89. The lowest BCUT2D eigenvalue weighted by Gasteiger charge is -2.26. The molecule has 1 aromatic rings. The molecule has 2 aliphatic heterocycles. The van der Waals surface area contributed by atoms with Crippen LogP contribution in [0, 0.1) is 5.92 Å². The molecule has 3 unspecified atom stereocenters. The number of amides is 1. The first-order chi connectivity index (χ1) is 10.3. The quantitative estimate of drug-likeness (QED) is 0.826. The molecule has 21 heavy (non-hydrogen) atoms. The van der Waals surface area contributed by atoms with Crippen LogP contribution in [0.15, 0.2) is 22.8 Å². The van der Waals surface area contributed by atoms with Gasteiger partial charge in [0.25, 0.3) is 0 Å². The van der Waals surface area contributed by atoms with Gasteiger partial charge in [-0.05, 0) is 38.1 Å². The van der Waals surface area contributed by atoms with E-state index in [9.17, 15) is 4.79 Å². The lowest BCUT2D eigenvalue weighted by atomic mass is 10.0. The Morgan fingerprint density at radius 3 is 2.86 bits per heavy atom. The fraction of sp³-hybridized carbons (Fsp3) is 0.667. The number of likely N-dealkylation sites (tertiary alicyclic amines) is 1. The Hall–Kier alpha value is -1.37. The van der Waals surface area contributed by atoms with Crippen LogP contribution in [0.5, 0.6) is 0 Å². The van der Waals surface area contributed by atoms with E-state index in [0.717, 1.165) is 18.8 Å². The third-order valence-electron chi connectivity index (χ3n) is 4.38. The van der Waals surface area contributed by atoms with Gasteiger partial charge in [0.05, 0.1) is 31.4 Å². The van der Waals surface area contributed by atoms with Gasteiger partial charge in [0.2, 0.25) is 5.91 Å². The Bertz CT molecular complexity index is 457. The molecule has 0 aromatic carbocycles. The fourth-order valence-electron chi connectivity index (χ4n) is 3.11. The normalized spacial score (nSPS) is 27.9. The van der Waals surface area contributed by atoms with E-state index in [1.807, 2.05) is 12.1 Å². The van der Waals surface area contributed by atoms with Crippen LogP contribution in [0.2, 0.25) is 0 Å². The summed E-state index contributed by atoms with van der Waals surface area (Å²) in [6.07, 6.45) is 4.08. The SMILES string of the molecule is NC1COCC1C(=O)NCC(c1ccco1)N1CCCC1. The highest BCUT2D eigenvalue weighted by Crippen LogP contribution is 2.25. The molecule has 6 heteroatoms. The molecule has 1 aromatic heterocycles. The highest BCUT2D eigenvalue weighted by molar-refractivity contribution is 5.79. The molecule has 3 atom stereocenters. The molecule has 0 radical (unpaired) electrons. The predicted molar refractivity (Wildman–Crippen MR) is 77.6 cm³/mol. The summed E-state index contributed by atoms with van der Waals surface area (Å²) in [5.74, 6) is 0.653. The van der Waals surface area contributed by atoms with Crippen molar-refractivity contribution in [1.82, 2.24) is 10.2 Å². The molecule has 2 aliphatic rings. The molecule has 3 N–H and O–H groups in total. The minimum atomic E-state index is -0.235. The van der Waals surface area contributed by atoms with E-state index in [1.165, 1.54) is 12.8 Å². The van der Waals surface area contributed by atoms with Crippen LogP contribution in [-0.4, -0.2) is 49.7 Å². The van der Waals surface area contributed by atoms with Gasteiger partial charge in [0, 0.05) is 12.6 Å². The summed E-state index contributed by atoms with van der Waals surface area (Å²) >= 11 is 0. The van der Waals surface area contributed by atoms with Gasteiger partial charge in [-0.25, -0.2) is 0 Å². The van der Waals surface area contributed by atoms with Crippen molar-refractivity contribution in [1.29, 1.82) is 0 Å². The summed E-state index contributed by atoms with van der Waals surface area (Å²) in [7, 11) is 0. The van der Waals surface area contributed by atoms with Crippen LogP contribution in [-0.2, 0) is 9.53 Å². The molecule has 0 bridgehead atoms. The standard InChI is InChI=1S/C15H23N3O3/c16-12-10-20-9-11(12)15(19)17-8-13(14-4-3-7-21-14)18-5-1-2-6-18/h3-4,7,11-13H,1-2,5-6,8-10,16H2,(H,17,19). The number of nitrogens with zero attached hydrogens (tertiary/aromatic N) is 1. The third kappa shape index (κ3) is 3.28. The van der Waals surface area contributed by atoms with Gasteiger partial charge in [0.15, 0.2) is 0 Å². The van der Waals surface area contributed by atoms with Crippen LogP contribution in [0.3, 0.4) is 0 Å². The maximum absolute atomic E-state index is 12.2. The Kier molecular flexibility index (Phi) is 4.57. The Morgan fingerprint density at radius 1 is 1.43 bits per heavy atom. The molecular formula is C15H23N3O3. The number of hydrogen-bond acceptors (Lipinski definition) is 5. The number of nitrogens with one attached hydrogen (secondary N) is 1. The molecule has 0 aliphatic carbocycles. The molecular weight excluding hydrogens is 270 g/mol. The number of ether oxygens (including phenoxy) is 1. The second-order valence-corrected chi connectivity index (χ2v) is 5.83. The molecule has 2 saturated heterocycles. The second-order valence-electron chi connectivity index (χ2n) is 5.83. The minimum absolute atomic E-state index is 0.0178. The number of furan rings is 1. The highest BCUT2D eigenvalue weighted by Gasteiger charge is 2.32. The summed E-state index contributed by atoms with van der Waals surface area (Å²) in [4.78, 5) is 14.6. The topological polar surface area (TPSA) is 80.7 Å². The maximum Gasteiger partial charge on any atom is 0.227 e. The Morgan fingerprint density at radius 2 is 2.24 bits per heavy atom. The van der Waals surface area contributed by atoms with E-state index in [4.69, 9.17) is 14.9 Å². The first kappa shape index (κ1) is 14.6. The molecule has 1 amide bonds. The van der Waals surface area contributed by atoms with Gasteiger partial charge >= 0.3 is 0 Å². The van der Waals surface area contributed by atoms with Gasteiger partial charge in [-0.1, -0.05) is 0 Å². The number of carbonyl (C=O) groups excluding carboxylic acids is 1. The van der Waals surface area contributed by atoms with Crippen molar-refractivity contribution in [3.05, 3.63) is 24.2 Å². The average molecular weight is 293 g/mol. The van der Waals surface area contributed by atoms with Crippen molar-refractivity contribution in [3.63, 3.8) is 0 Å². The van der Waals surface area contributed by atoms with Crippen molar-refractivity contribution in [2.24, 2.45) is 11.7 Å². The first-order valence-corrected chi connectivity index (χ1v) is 7.64. The van der Waals surface area contributed by atoms with Gasteiger partial charge in [-0.3, -0.25) is 9.69 Å². The average Bonchev–Trinajstić information content (AvgIpc) is 3.21. The summed E-state index contributed by atoms with van der Waals surface area (Å²) in [6, 6.07) is 3.77. The number of rotatable bonds is 5. The highest BCUT2D eigenvalue weighted by atomic mass is 16.5. The van der Waals surface area contributed by atoms with E-state index in [0.29, 0.717) is 19.8 Å². The lowest BCUT2D eigenvalue weighted by molar-refractivity contribution is -0.125. The third-order valence-corrected chi connectivity index (χ3v) is 4.38. The molecule has 2 fully saturated rings. The van der Waals surface area contributed by atoms with E-state index in [-0.39, 0.29) is 23.9 Å². The zero-order chi connectivity index (χ0) is 14.7. The van der Waals surface area contributed by atoms with Crippen LogP contribution in [0.1, 0.15) is 24.6 Å². The predicted octanol–water partition coefficient (Wildman–Crippen LogP) is 0.506. The van der Waals surface area contributed by atoms with E-state index < -0.39 is 0 Å². The summed E-state index contributed by atoms with van der Waals surface area (Å²) < 4.78 is 10.8. The van der Waals surface area contributed by atoms with Crippen molar-refractivity contribution < 1.29 is 13.9 Å². The molecule has 0 saturated carbocycles. The van der Waals surface area contributed by atoms with Crippen LogP contribution < -0.4 is 11.1 Å². The molecule has 6 nitrogen and oxygen atoms in total. The van der Waals surface area contributed by atoms with Crippen LogP contribution in [0.4, 0.5) is 0 Å². The molecule has 0 spiro atoms. The number of hydrogen-bond donors (Lipinski definition) is 2. The van der Waals surface area contributed by atoms with E-state index >= 15 is 0 Å². The monoisotopic (exact) mass is 293 g/mol. The number of nitrogens with two attached hydrogens (primary N) is 1. The largest absolute Gasteiger partial charge is 0.468 e. The van der Waals surface area contributed by atoms with Crippen molar-refractivity contribution >= 4 is 5.91 Å². The maximum atomic E-state index is 12.2. The second kappa shape index (κ2) is 6.60. The Labute approximate surface area is 124 Å². The van der Waals surface area contributed by atoms with Crippen LogP contribution in [0.25, 0.3) is 0 Å². The van der Waals surface area contributed by atoms with E-state index in [1.54, 1.807) is 6.26 Å². The zero-order valence-electron chi connectivity index (χ0n) is 12.2. The summed E-state index contributed by atoms with van der Waals surface area (Å²) in [6.45, 7) is 3.53. The van der Waals surface area contributed by atoms with E-state index in [2.05, 4.69) is 10.2 Å². The lowest BCUT2D eigenvalue weighted by Crippen LogP contribution is -2.44. The van der Waals surface area contributed by atoms with Gasteiger partial charge < -0.3 is 20.2 Å². The van der Waals surface area contributed by atoms with Crippen LogP contribution >= 0.6 is 0 Å². The molecule has 3 rings (SSSR count). The first-order valence-electron chi connectivity index (χ1n) is 7.64. The number of carbonyl (C=O) groups is 1. The molecule has 3 heterocycles. The smallest absolute Gasteiger partial charge is 0.227 e.